The van der Waals surface area contributed by atoms with Crippen molar-refractivity contribution < 1.29 is 14.3 Å². The van der Waals surface area contributed by atoms with Crippen molar-refractivity contribution in [2.75, 3.05) is 20.2 Å². The van der Waals surface area contributed by atoms with Crippen molar-refractivity contribution in [1.29, 1.82) is 0 Å². The number of ether oxygens (including phenoxy) is 2. The van der Waals surface area contributed by atoms with Crippen molar-refractivity contribution in [3.63, 3.8) is 0 Å². The normalized spacial score (nSPS) is 17.8. The maximum atomic E-state index is 12.4. The molecule has 3 rings (SSSR count). The Morgan fingerprint density at radius 1 is 1.30 bits per heavy atom. The first-order valence-electron chi connectivity index (χ1n) is 7.66. The summed E-state index contributed by atoms with van der Waals surface area (Å²) in [7, 11) is 1.54. The van der Waals surface area contributed by atoms with Crippen molar-refractivity contribution in [1.82, 2.24) is 19.4 Å². The van der Waals surface area contributed by atoms with Gasteiger partial charge in [0.05, 0.1) is 26.0 Å². The highest BCUT2D eigenvalue weighted by Crippen LogP contribution is 2.18. The third kappa shape index (κ3) is 4.00. The molecule has 1 saturated heterocycles. The van der Waals surface area contributed by atoms with E-state index in [0.717, 1.165) is 19.4 Å². The summed E-state index contributed by atoms with van der Waals surface area (Å²) in [6, 6.07) is 3.83. The topological polar surface area (TPSA) is 69.5 Å². The Bertz CT molecular complexity index is 645. The molecule has 23 heavy (non-hydrogen) atoms. The van der Waals surface area contributed by atoms with E-state index in [1.54, 1.807) is 6.20 Å². The Hall–Kier alpha value is -2.57. The maximum absolute atomic E-state index is 12.4. The number of hydrogen-bond donors (Lipinski definition) is 0. The lowest BCUT2D eigenvalue weighted by Crippen LogP contribution is -2.45. The molecule has 0 N–H and O–H groups in total. The van der Waals surface area contributed by atoms with E-state index in [-0.39, 0.29) is 12.0 Å². The van der Waals surface area contributed by atoms with Crippen LogP contribution < -0.4 is 9.47 Å². The molecule has 122 valence electrons. The number of methoxy groups -OCH3 is 1. The van der Waals surface area contributed by atoms with Gasteiger partial charge in [0, 0.05) is 18.9 Å². The number of piperidine rings is 1. The van der Waals surface area contributed by atoms with Crippen molar-refractivity contribution in [2.24, 2.45) is 0 Å². The Labute approximate surface area is 134 Å². The average molecular weight is 316 g/mol. The highest BCUT2D eigenvalue weighted by molar-refractivity contribution is 5.76. The summed E-state index contributed by atoms with van der Waals surface area (Å²) in [5.41, 5.74) is 0. The number of nitrogens with zero attached hydrogens (tertiary/aromatic N) is 4. The molecule has 2 aromatic heterocycles. The van der Waals surface area contributed by atoms with E-state index in [0.29, 0.717) is 24.8 Å². The fourth-order valence-electron chi connectivity index (χ4n) is 2.65. The van der Waals surface area contributed by atoms with Crippen LogP contribution in [0.3, 0.4) is 0 Å². The van der Waals surface area contributed by atoms with Crippen LogP contribution in [0, 0.1) is 0 Å². The predicted molar refractivity (Wildman–Crippen MR) is 83.2 cm³/mol. The van der Waals surface area contributed by atoms with Crippen LogP contribution >= 0.6 is 0 Å². The van der Waals surface area contributed by atoms with Crippen molar-refractivity contribution in [3.05, 3.63) is 36.9 Å². The quantitative estimate of drug-likeness (QED) is 0.833. The molecule has 1 aliphatic rings. The summed E-state index contributed by atoms with van der Waals surface area (Å²) in [5, 5.41) is 0. The number of likely N-dealkylation sites (tertiary alicyclic amines) is 1. The van der Waals surface area contributed by atoms with E-state index in [2.05, 4.69) is 9.97 Å². The van der Waals surface area contributed by atoms with Crippen LogP contribution in [0.25, 0.3) is 0 Å². The molecule has 0 bridgehead atoms. The number of carbonyl (C=O) groups excluding carboxylic acids is 1. The van der Waals surface area contributed by atoms with Gasteiger partial charge >= 0.3 is 0 Å². The predicted octanol–water partition coefficient (Wildman–Crippen LogP) is 1.36. The van der Waals surface area contributed by atoms with Crippen LogP contribution in [0.5, 0.6) is 11.8 Å². The van der Waals surface area contributed by atoms with Crippen LogP contribution in [0.1, 0.15) is 12.8 Å². The first-order chi connectivity index (χ1) is 11.2. The lowest BCUT2D eigenvalue weighted by Gasteiger charge is -2.32. The van der Waals surface area contributed by atoms with Crippen molar-refractivity contribution in [2.45, 2.75) is 25.5 Å². The second-order valence-electron chi connectivity index (χ2n) is 5.48. The summed E-state index contributed by atoms with van der Waals surface area (Å²) >= 11 is 0. The van der Waals surface area contributed by atoms with Crippen LogP contribution in [0.4, 0.5) is 0 Å². The molecular weight excluding hydrogens is 296 g/mol. The summed E-state index contributed by atoms with van der Waals surface area (Å²) < 4.78 is 12.8. The van der Waals surface area contributed by atoms with Crippen LogP contribution in [-0.4, -0.2) is 51.6 Å². The SMILES string of the molecule is COc1cncc(OC2CCCN(C(=O)Cn3cccc3)C2)n1. The van der Waals surface area contributed by atoms with Gasteiger partial charge in [0.1, 0.15) is 12.6 Å². The molecule has 7 heteroatoms. The zero-order chi connectivity index (χ0) is 16.1. The van der Waals surface area contributed by atoms with Gasteiger partial charge in [-0.25, -0.2) is 0 Å². The van der Waals surface area contributed by atoms with Gasteiger partial charge in [-0.3, -0.25) is 9.78 Å². The number of rotatable bonds is 5. The van der Waals surface area contributed by atoms with Crippen LogP contribution in [0.15, 0.2) is 36.9 Å². The lowest BCUT2D eigenvalue weighted by molar-refractivity contribution is -0.134. The largest absolute Gasteiger partial charge is 0.480 e. The fraction of sp³-hybridized carbons (Fsp3) is 0.438. The lowest BCUT2D eigenvalue weighted by atomic mass is 10.1. The molecule has 1 amide bonds. The molecule has 0 aromatic carbocycles. The van der Waals surface area contributed by atoms with Crippen molar-refractivity contribution >= 4 is 5.91 Å². The van der Waals surface area contributed by atoms with Crippen molar-refractivity contribution in [3.8, 4) is 11.8 Å². The first-order valence-corrected chi connectivity index (χ1v) is 7.66. The summed E-state index contributed by atoms with van der Waals surface area (Å²) in [6.07, 6.45) is 8.61. The number of hydrogen-bond acceptors (Lipinski definition) is 5. The third-order valence-corrected chi connectivity index (χ3v) is 3.80. The minimum absolute atomic E-state index is 0.0706. The Morgan fingerprint density at radius 2 is 2.09 bits per heavy atom. The highest BCUT2D eigenvalue weighted by Gasteiger charge is 2.25. The molecule has 0 radical (unpaired) electrons. The molecule has 1 unspecified atom stereocenters. The van der Waals surface area contributed by atoms with Gasteiger partial charge in [-0.1, -0.05) is 0 Å². The third-order valence-electron chi connectivity index (χ3n) is 3.80. The standard InChI is InChI=1S/C16H20N4O3/c1-22-14-9-17-10-15(18-14)23-13-5-4-8-20(11-13)16(21)12-19-6-2-3-7-19/h2-3,6-7,9-10,13H,4-5,8,11-12H2,1H3. The molecule has 0 aliphatic carbocycles. The van der Waals surface area contributed by atoms with Gasteiger partial charge in [-0.2, -0.15) is 4.98 Å². The van der Waals surface area contributed by atoms with E-state index in [1.807, 2.05) is 34.0 Å². The molecule has 7 nitrogen and oxygen atoms in total. The molecule has 3 heterocycles. The minimum atomic E-state index is -0.0706. The first kappa shape index (κ1) is 15.3. The monoisotopic (exact) mass is 316 g/mol. The Kier molecular flexibility index (Phi) is 4.75. The zero-order valence-corrected chi connectivity index (χ0v) is 13.1. The maximum Gasteiger partial charge on any atom is 0.242 e. The van der Waals surface area contributed by atoms with E-state index in [9.17, 15) is 4.79 Å². The Balaban J connectivity index is 1.58. The fourth-order valence-corrected chi connectivity index (χ4v) is 2.65. The van der Waals surface area contributed by atoms with E-state index in [1.165, 1.54) is 13.3 Å². The Morgan fingerprint density at radius 3 is 2.87 bits per heavy atom. The van der Waals surface area contributed by atoms with Gasteiger partial charge in [0.2, 0.25) is 17.7 Å². The van der Waals surface area contributed by atoms with E-state index >= 15 is 0 Å². The number of aromatic nitrogens is 3. The summed E-state index contributed by atoms with van der Waals surface area (Å²) in [6.45, 7) is 1.70. The molecule has 1 atom stereocenters. The van der Waals surface area contributed by atoms with Gasteiger partial charge in [0.25, 0.3) is 0 Å². The number of amides is 1. The van der Waals surface area contributed by atoms with E-state index in [4.69, 9.17) is 9.47 Å². The molecule has 0 saturated carbocycles. The summed E-state index contributed by atoms with van der Waals surface area (Å²) in [5.74, 6) is 0.944. The summed E-state index contributed by atoms with van der Waals surface area (Å²) in [4.78, 5) is 22.4. The average Bonchev–Trinajstić information content (AvgIpc) is 3.08. The molecule has 0 spiro atoms. The van der Waals surface area contributed by atoms with Gasteiger partial charge in [-0.15, -0.1) is 0 Å². The van der Waals surface area contributed by atoms with Crippen LogP contribution in [0.2, 0.25) is 0 Å². The zero-order valence-electron chi connectivity index (χ0n) is 13.1. The molecule has 1 fully saturated rings. The van der Waals surface area contributed by atoms with Gasteiger partial charge in [-0.05, 0) is 25.0 Å². The molecule has 1 aliphatic heterocycles. The second-order valence-corrected chi connectivity index (χ2v) is 5.48. The van der Waals surface area contributed by atoms with Gasteiger partial charge in [0.15, 0.2) is 0 Å². The molecule has 2 aromatic rings. The smallest absolute Gasteiger partial charge is 0.242 e. The number of carbonyl (C=O) groups is 1. The van der Waals surface area contributed by atoms with Gasteiger partial charge < -0.3 is 18.9 Å². The van der Waals surface area contributed by atoms with E-state index < -0.39 is 0 Å². The minimum Gasteiger partial charge on any atom is -0.480 e. The second kappa shape index (κ2) is 7.13. The molecular formula is C16H20N4O3. The van der Waals surface area contributed by atoms with Crippen LogP contribution in [-0.2, 0) is 11.3 Å². The highest BCUT2D eigenvalue weighted by atomic mass is 16.5.